The van der Waals surface area contributed by atoms with E-state index >= 15 is 0 Å². The first kappa shape index (κ1) is 14.8. The van der Waals surface area contributed by atoms with Crippen molar-refractivity contribution >= 4 is 31.6 Å². The summed E-state index contributed by atoms with van der Waals surface area (Å²) >= 11 is 3.27. The van der Waals surface area contributed by atoms with Crippen LogP contribution >= 0.6 is 15.9 Å². The lowest BCUT2D eigenvalue weighted by Gasteiger charge is -2.21. The summed E-state index contributed by atoms with van der Waals surface area (Å²) in [5.41, 5.74) is 1.25. The minimum atomic E-state index is -3.27. The highest BCUT2D eigenvalue weighted by atomic mass is 79.9. The highest BCUT2D eigenvalue weighted by Crippen LogP contribution is 2.26. The fraction of sp³-hybridized carbons (Fsp3) is 0.615. The summed E-state index contributed by atoms with van der Waals surface area (Å²) in [7, 11) is -3.27. The monoisotopic (exact) mass is 346 g/mol. The molecule has 1 aromatic rings. The van der Waals surface area contributed by atoms with Crippen LogP contribution < -0.4 is 4.72 Å². The molecule has 1 N–H and O–H groups in total. The van der Waals surface area contributed by atoms with Crippen molar-refractivity contribution in [3.63, 3.8) is 0 Å². The lowest BCUT2D eigenvalue weighted by Crippen LogP contribution is -2.24. The molecule has 106 valence electrons. The maximum atomic E-state index is 12.2. The van der Waals surface area contributed by atoms with E-state index in [1.807, 2.05) is 0 Å². The van der Waals surface area contributed by atoms with Crippen LogP contribution in [0, 0.1) is 12.8 Å². The third-order valence-corrected chi connectivity index (χ3v) is 5.38. The summed E-state index contributed by atoms with van der Waals surface area (Å²) in [5.74, 6) is 0.526. The Bertz CT molecular complexity index is 540. The van der Waals surface area contributed by atoms with Gasteiger partial charge in [-0.05, 0) is 53.7 Å². The van der Waals surface area contributed by atoms with Gasteiger partial charge in [-0.25, -0.2) is 13.4 Å². The van der Waals surface area contributed by atoms with E-state index < -0.39 is 10.0 Å². The van der Waals surface area contributed by atoms with E-state index in [-0.39, 0.29) is 5.75 Å². The van der Waals surface area contributed by atoms with Crippen LogP contribution in [0.4, 0.5) is 5.69 Å². The molecule has 0 unspecified atom stereocenters. The number of halogens is 1. The van der Waals surface area contributed by atoms with Crippen LogP contribution in [-0.4, -0.2) is 19.2 Å². The Morgan fingerprint density at radius 3 is 2.63 bits per heavy atom. The number of anilines is 1. The smallest absolute Gasteiger partial charge is 0.233 e. The molecule has 1 aliphatic rings. The first-order valence-corrected chi connectivity index (χ1v) is 9.04. The van der Waals surface area contributed by atoms with Gasteiger partial charge < -0.3 is 0 Å². The molecule has 0 bridgehead atoms. The standard InChI is InChI=1S/C13H19BrN2O2S/c1-10-12(7-8-13(14)15-10)16-19(17,18)9-11-5-3-2-4-6-11/h7-8,11,16H,2-6,9H2,1H3. The molecule has 0 spiro atoms. The number of hydrogen-bond acceptors (Lipinski definition) is 3. The van der Waals surface area contributed by atoms with Crippen molar-refractivity contribution in [2.75, 3.05) is 10.5 Å². The van der Waals surface area contributed by atoms with Crippen molar-refractivity contribution in [3.05, 3.63) is 22.4 Å². The fourth-order valence-corrected chi connectivity index (χ4v) is 4.50. The second-order valence-electron chi connectivity index (χ2n) is 5.15. The van der Waals surface area contributed by atoms with E-state index in [1.165, 1.54) is 6.42 Å². The molecule has 0 atom stereocenters. The Morgan fingerprint density at radius 1 is 1.32 bits per heavy atom. The van der Waals surface area contributed by atoms with Crippen LogP contribution in [-0.2, 0) is 10.0 Å². The molecule has 1 aromatic heterocycles. The minimum absolute atomic E-state index is 0.225. The molecule has 0 aliphatic heterocycles. The number of rotatable bonds is 4. The molecular weight excluding hydrogens is 328 g/mol. The van der Waals surface area contributed by atoms with Gasteiger partial charge in [0.15, 0.2) is 0 Å². The SMILES string of the molecule is Cc1nc(Br)ccc1NS(=O)(=O)CC1CCCCC1. The van der Waals surface area contributed by atoms with Crippen LogP contribution in [0.2, 0.25) is 0 Å². The van der Waals surface area contributed by atoms with Gasteiger partial charge in [0.2, 0.25) is 10.0 Å². The normalized spacial score (nSPS) is 17.4. The molecule has 0 radical (unpaired) electrons. The van der Waals surface area contributed by atoms with Crippen LogP contribution in [0.1, 0.15) is 37.8 Å². The van der Waals surface area contributed by atoms with Crippen molar-refractivity contribution in [2.24, 2.45) is 5.92 Å². The van der Waals surface area contributed by atoms with E-state index in [9.17, 15) is 8.42 Å². The molecule has 6 heteroatoms. The van der Waals surface area contributed by atoms with Gasteiger partial charge in [0.1, 0.15) is 4.60 Å². The van der Waals surface area contributed by atoms with Crippen LogP contribution in [0.3, 0.4) is 0 Å². The zero-order chi connectivity index (χ0) is 13.9. The van der Waals surface area contributed by atoms with Crippen molar-refractivity contribution < 1.29 is 8.42 Å². The second-order valence-corrected chi connectivity index (χ2v) is 7.73. The third-order valence-electron chi connectivity index (χ3n) is 3.50. The Kier molecular flexibility index (Phi) is 4.84. The molecule has 2 rings (SSSR count). The highest BCUT2D eigenvalue weighted by Gasteiger charge is 2.21. The molecule has 19 heavy (non-hydrogen) atoms. The average Bonchev–Trinajstić information content (AvgIpc) is 2.33. The first-order chi connectivity index (χ1) is 8.96. The number of nitrogens with one attached hydrogen (secondary N) is 1. The van der Waals surface area contributed by atoms with Gasteiger partial charge in [-0.2, -0.15) is 0 Å². The van der Waals surface area contributed by atoms with Crippen molar-refractivity contribution in [1.82, 2.24) is 4.98 Å². The topological polar surface area (TPSA) is 59.1 Å². The summed E-state index contributed by atoms with van der Waals surface area (Å²) in [5, 5.41) is 0. The molecule has 0 amide bonds. The quantitative estimate of drug-likeness (QED) is 0.849. The van der Waals surface area contributed by atoms with E-state index in [4.69, 9.17) is 0 Å². The van der Waals surface area contributed by atoms with Crippen LogP contribution in [0.5, 0.6) is 0 Å². The van der Waals surface area contributed by atoms with Gasteiger partial charge in [0, 0.05) is 0 Å². The molecule has 4 nitrogen and oxygen atoms in total. The summed E-state index contributed by atoms with van der Waals surface area (Å²) in [6.45, 7) is 1.79. The van der Waals surface area contributed by atoms with Crippen molar-refractivity contribution in [3.8, 4) is 0 Å². The number of aryl methyl sites for hydroxylation is 1. The maximum absolute atomic E-state index is 12.2. The van der Waals surface area contributed by atoms with Crippen LogP contribution in [0.25, 0.3) is 0 Å². The Balaban J connectivity index is 2.03. The molecule has 1 aliphatic carbocycles. The summed E-state index contributed by atoms with van der Waals surface area (Å²) in [4.78, 5) is 4.19. The number of aromatic nitrogens is 1. The Hall–Kier alpha value is -0.620. The molecule has 0 aromatic carbocycles. The van der Waals surface area contributed by atoms with Crippen LogP contribution in [0.15, 0.2) is 16.7 Å². The predicted octanol–water partition coefficient (Wildman–Crippen LogP) is 3.47. The summed E-state index contributed by atoms with van der Waals surface area (Å²) < 4.78 is 27.7. The van der Waals surface area contributed by atoms with E-state index in [0.717, 1.165) is 25.7 Å². The lowest BCUT2D eigenvalue weighted by molar-refractivity contribution is 0.385. The number of pyridine rings is 1. The number of nitrogens with zero attached hydrogens (tertiary/aromatic N) is 1. The van der Waals surface area contributed by atoms with Gasteiger partial charge >= 0.3 is 0 Å². The maximum Gasteiger partial charge on any atom is 0.233 e. The van der Waals surface area contributed by atoms with Gasteiger partial charge in [0.05, 0.1) is 17.1 Å². The molecule has 0 saturated heterocycles. The molecule has 1 heterocycles. The van der Waals surface area contributed by atoms with E-state index in [1.54, 1.807) is 19.1 Å². The third kappa shape index (κ3) is 4.45. The fourth-order valence-electron chi connectivity index (χ4n) is 2.51. The Morgan fingerprint density at radius 2 is 2.00 bits per heavy atom. The average molecular weight is 347 g/mol. The van der Waals surface area contributed by atoms with Gasteiger partial charge in [-0.1, -0.05) is 19.3 Å². The molecule has 1 saturated carbocycles. The van der Waals surface area contributed by atoms with Gasteiger partial charge in [-0.15, -0.1) is 0 Å². The second kappa shape index (κ2) is 6.22. The first-order valence-electron chi connectivity index (χ1n) is 6.60. The van der Waals surface area contributed by atoms with Crippen molar-refractivity contribution in [2.45, 2.75) is 39.0 Å². The van der Waals surface area contributed by atoms with E-state index in [0.29, 0.717) is 21.9 Å². The zero-order valence-electron chi connectivity index (χ0n) is 11.0. The zero-order valence-corrected chi connectivity index (χ0v) is 13.4. The lowest BCUT2D eigenvalue weighted by atomic mass is 9.91. The Labute approximate surface area is 123 Å². The predicted molar refractivity (Wildman–Crippen MR) is 80.7 cm³/mol. The summed E-state index contributed by atoms with van der Waals surface area (Å²) in [6, 6.07) is 3.48. The van der Waals surface area contributed by atoms with E-state index in [2.05, 4.69) is 25.6 Å². The largest absolute Gasteiger partial charge is 0.282 e. The highest BCUT2D eigenvalue weighted by molar-refractivity contribution is 9.10. The van der Waals surface area contributed by atoms with Gasteiger partial charge in [-0.3, -0.25) is 4.72 Å². The van der Waals surface area contributed by atoms with Gasteiger partial charge in [0.25, 0.3) is 0 Å². The molecule has 1 fully saturated rings. The van der Waals surface area contributed by atoms with Crippen molar-refractivity contribution in [1.29, 1.82) is 0 Å². The molecular formula is C13H19BrN2O2S. The number of sulfonamides is 1. The summed E-state index contributed by atoms with van der Waals surface area (Å²) in [6.07, 6.45) is 5.59. The number of hydrogen-bond donors (Lipinski definition) is 1. The minimum Gasteiger partial charge on any atom is -0.282 e.